The Morgan fingerprint density at radius 1 is 0.853 bits per heavy atom. The molecule has 2 aliphatic heterocycles. The van der Waals surface area contributed by atoms with E-state index in [1.165, 1.54) is 0 Å². The van der Waals surface area contributed by atoms with Crippen LogP contribution >= 0.6 is 0 Å². The summed E-state index contributed by atoms with van der Waals surface area (Å²) in [6, 6.07) is 16.1. The number of esters is 1. The van der Waals surface area contributed by atoms with Crippen molar-refractivity contribution in [3.8, 4) is 28.7 Å². The molecule has 0 bridgehead atoms. The molecular weight excluding hydrogens is 436 g/mol. The van der Waals surface area contributed by atoms with Gasteiger partial charge >= 0.3 is 5.97 Å². The Balaban J connectivity index is 1.61. The van der Waals surface area contributed by atoms with Crippen LogP contribution in [0.3, 0.4) is 0 Å². The summed E-state index contributed by atoms with van der Waals surface area (Å²) in [5.41, 5.74) is 2.62. The Labute approximate surface area is 196 Å². The molecule has 7 nitrogen and oxygen atoms in total. The van der Waals surface area contributed by atoms with E-state index in [9.17, 15) is 9.59 Å². The van der Waals surface area contributed by atoms with Gasteiger partial charge < -0.3 is 23.7 Å². The summed E-state index contributed by atoms with van der Waals surface area (Å²) in [5, 5.41) is 0. The van der Waals surface area contributed by atoms with Crippen molar-refractivity contribution in [1.82, 2.24) is 0 Å². The Morgan fingerprint density at radius 2 is 1.62 bits per heavy atom. The van der Waals surface area contributed by atoms with E-state index in [0.717, 1.165) is 11.1 Å². The Bertz CT molecular complexity index is 1340. The maximum Gasteiger partial charge on any atom is 0.312 e. The van der Waals surface area contributed by atoms with Gasteiger partial charge in [-0.2, -0.15) is 0 Å². The normalized spacial score (nSPS) is 17.5. The summed E-state index contributed by atoms with van der Waals surface area (Å²) in [6.45, 7) is 0. The van der Waals surface area contributed by atoms with Gasteiger partial charge in [0.15, 0.2) is 17.3 Å². The molecule has 0 aromatic heterocycles. The van der Waals surface area contributed by atoms with Crippen molar-refractivity contribution in [3.63, 3.8) is 0 Å². The highest BCUT2D eigenvalue weighted by molar-refractivity contribution is 6.15. The molecule has 0 saturated heterocycles. The quantitative estimate of drug-likeness (QED) is 0.310. The number of fused-ring (bicyclic) bond motifs is 3. The number of Topliss-reactive ketones (excluding diaryl/α,β-unsaturated/α-hetero) is 1. The third-order valence-corrected chi connectivity index (χ3v) is 6.02. The molecule has 1 unspecified atom stereocenters. The molecule has 34 heavy (non-hydrogen) atoms. The summed E-state index contributed by atoms with van der Waals surface area (Å²) in [7, 11) is 4.69. The number of hydrogen-bond acceptors (Lipinski definition) is 7. The average molecular weight is 458 g/mol. The number of benzene rings is 3. The van der Waals surface area contributed by atoms with E-state index in [-0.39, 0.29) is 29.9 Å². The maximum atomic E-state index is 13.2. The lowest BCUT2D eigenvalue weighted by Crippen LogP contribution is -2.21. The summed E-state index contributed by atoms with van der Waals surface area (Å²) < 4.78 is 27.8. The number of hydrogen-bond donors (Lipinski definition) is 0. The fourth-order valence-corrected chi connectivity index (χ4v) is 4.39. The van der Waals surface area contributed by atoms with Crippen molar-refractivity contribution in [1.29, 1.82) is 0 Å². The first kappa shape index (κ1) is 21.6. The van der Waals surface area contributed by atoms with Crippen molar-refractivity contribution in [2.24, 2.45) is 0 Å². The van der Waals surface area contributed by atoms with Gasteiger partial charge in [0.25, 0.3) is 0 Å². The van der Waals surface area contributed by atoms with Gasteiger partial charge in [-0.3, -0.25) is 9.59 Å². The van der Waals surface area contributed by atoms with Crippen LogP contribution in [0.1, 0.15) is 39.4 Å². The third-order valence-electron chi connectivity index (χ3n) is 6.02. The van der Waals surface area contributed by atoms with Crippen LogP contribution in [0.25, 0.3) is 6.08 Å². The van der Waals surface area contributed by atoms with Crippen LogP contribution in [0.5, 0.6) is 28.7 Å². The Hall–Kier alpha value is -4.26. The molecule has 3 aromatic carbocycles. The first-order valence-electron chi connectivity index (χ1n) is 10.7. The van der Waals surface area contributed by atoms with Crippen molar-refractivity contribution in [3.05, 3.63) is 82.6 Å². The lowest BCUT2D eigenvalue weighted by Gasteiger charge is -2.26. The molecule has 172 valence electrons. The van der Waals surface area contributed by atoms with E-state index in [4.69, 9.17) is 23.7 Å². The van der Waals surface area contributed by atoms with Gasteiger partial charge in [-0.15, -0.1) is 0 Å². The van der Waals surface area contributed by atoms with Crippen LogP contribution in [0.15, 0.2) is 60.4 Å². The van der Waals surface area contributed by atoms with Crippen LogP contribution in [0.2, 0.25) is 0 Å². The maximum absolute atomic E-state index is 13.2. The smallest absolute Gasteiger partial charge is 0.312 e. The molecule has 0 fully saturated rings. The Morgan fingerprint density at radius 3 is 2.38 bits per heavy atom. The van der Waals surface area contributed by atoms with E-state index in [2.05, 4.69) is 0 Å². The van der Waals surface area contributed by atoms with Gasteiger partial charge in [-0.25, -0.2) is 0 Å². The predicted octanol–water partition coefficient (Wildman–Crippen LogP) is 4.77. The largest absolute Gasteiger partial charge is 0.496 e. The zero-order valence-electron chi connectivity index (χ0n) is 18.9. The summed E-state index contributed by atoms with van der Waals surface area (Å²) in [5.74, 6) is 1.71. The van der Waals surface area contributed by atoms with Gasteiger partial charge in [0.05, 0.1) is 33.3 Å². The Kier molecular flexibility index (Phi) is 5.45. The molecule has 5 rings (SSSR count). The number of rotatable bonds is 5. The molecule has 0 spiro atoms. The minimum atomic E-state index is -0.385. The first-order valence-corrected chi connectivity index (χ1v) is 10.7. The van der Waals surface area contributed by atoms with Crippen LogP contribution < -0.4 is 23.7 Å². The second kappa shape index (κ2) is 8.59. The molecule has 7 heteroatoms. The molecule has 1 atom stereocenters. The van der Waals surface area contributed by atoms with Gasteiger partial charge in [0, 0.05) is 17.0 Å². The number of methoxy groups -OCH3 is 3. The monoisotopic (exact) mass is 458 g/mol. The van der Waals surface area contributed by atoms with Crippen molar-refractivity contribution < 1.29 is 33.3 Å². The SMILES string of the molecule is COc1ccccc1/C=C1\Oc2c(ccc3c2C(c2ccc(OC)c(OC)c2)CC(=O)O3)C1=O. The lowest BCUT2D eigenvalue weighted by molar-refractivity contribution is -0.135. The molecule has 0 aliphatic carbocycles. The van der Waals surface area contributed by atoms with Crippen LogP contribution in [-0.2, 0) is 4.79 Å². The van der Waals surface area contributed by atoms with E-state index in [1.807, 2.05) is 36.4 Å². The van der Waals surface area contributed by atoms with Crippen molar-refractivity contribution >= 4 is 17.8 Å². The molecule has 0 amide bonds. The number of ether oxygens (including phenoxy) is 5. The van der Waals surface area contributed by atoms with Gasteiger partial charge in [-0.1, -0.05) is 24.3 Å². The molecule has 0 N–H and O–H groups in total. The van der Waals surface area contributed by atoms with Gasteiger partial charge in [0.2, 0.25) is 5.78 Å². The van der Waals surface area contributed by atoms with Crippen molar-refractivity contribution in [2.75, 3.05) is 21.3 Å². The zero-order chi connectivity index (χ0) is 23.8. The molecule has 0 saturated carbocycles. The molecule has 2 heterocycles. The van der Waals surface area contributed by atoms with E-state index >= 15 is 0 Å². The summed E-state index contributed by atoms with van der Waals surface area (Å²) in [4.78, 5) is 25.6. The number of para-hydroxylation sites is 1. The number of allylic oxidation sites excluding steroid dienone is 1. The highest BCUT2D eigenvalue weighted by atomic mass is 16.5. The fourth-order valence-electron chi connectivity index (χ4n) is 4.39. The highest BCUT2D eigenvalue weighted by Gasteiger charge is 2.38. The minimum absolute atomic E-state index is 0.0992. The van der Waals surface area contributed by atoms with Gasteiger partial charge in [-0.05, 0) is 42.0 Å². The zero-order valence-corrected chi connectivity index (χ0v) is 18.9. The molecule has 0 radical (unpaired) electrons. The second-order valence-corrected chi connectivity index (χ2v) is 7.88. The second-order valence-electron chi connectivity index (χ2n) is 7.88. The predicted molar refractivity (Wildman–Crippen MR) is 124 cm³/mol. The fraction of sp³-hybridized carbons (Fsp3) is 0.185. The first-order chi connectivity index (χ1) is 16.5. The molecular formula is C27H22O7. The number of carbonyl (C=O) groups excluding carboxylic acids is 2. The summed E-state index contributed by atoms with van der Waals surface area (Å²) in [6.07, 6.45) is 1.76. The van der Waals surface area contributed by atoms with Crippen LogP contribution in [0.4, 0.5) is 0 Å². The van der Waals surface area contributed by atoms with Gasteiger partial charge in [0.1, 0.15) is 17.2 Å². The van der Waals surface area contributed by atoms with E-state index in [1.54, 1.807) is 45.6 Å². The third kappa shape index (κ3) is 3.55. The van der Waals surface area contributed by atoms with Crippen LogP contribution in [-0.4, -0.2) is 33.1 Å². The lowest BCUT2D eigenvalue weighted by atomic mass is 9.84. The standard InChI is InChI=1S/C27H22O7/c1-30-19-7-5-4-6-16(19)13-23-26(29)17-9-11-21-25(27(17)34-23)18(14-24(28)33-21)15-8-10-20(31-2)22(12-15)32-3/h4-13,18H,14H2,1-3H3/b23-13-. The van der Waals surface area contributed by atoms with Crippen LogP contribution in [0, 0.1) is 0 Å². The van der Waals surface area contributed by atoms with Crippen molar-refractivity contribution in [2.45, 2.75) is 12.3 Å². The highest BCUT2D eigenvalue weighted by Crippen LogP contribution is 2.49. The average Bonchev–Trinajstić information content (AvgIpc) is 3.18. The number of ketones is 1. The molecule has 2 aliphatic rings. The summed E-state index contributed by atoms with van der Waals surface area (Å²) >= 11 is 0. The molecule has 3 aromatic rings. The minimum Gasteiger partial charge on any atom is -0.496 e. The van der Waals surface area contributed by atoms with E-state index < -0.39 is 0 Å². The topological polar surface area (TPSA) is 80.3 Å². The van der Waals surface area contributed by atoms with E-state index in [0.29, 0.717) is 39.9 Å². The number of carbonyl (C=O) groups is 2.